The average molecular weight is 495 g/mol. The molecule has 9 nitrogen and oxygen atoms in total. The lowest BCUT2D eigenvalue weighted by Crippen LogP contribution is -2.35. The number of rotatable bonds is 7. The Balaban J connectivity index is 1.57. The van der Waals surface area contributed by atoms with Gasteiger partial charge in [-0.25, -0.2) is 9.78 Å². The molecule has 4 rings (SSSR count). The Morgan fingerprint density at radius 3 is 2.56 bits per heavy atom. The van der Waals surface area contributed by atoms with E-state index in [9.17, 15) is 19.2 Å². The molecule has 0 bridgehead atoms. The smallest absolute Gasteiger partial charge is 0.339 e. The molecule has 0 aliphatic carbocycles. The molecule has 0 unspecified atom stereocenters. The first-order valence-corrected chi connectivity index (χ1v) is 11.8. The minimum Gasteiger partial charge on any atom is -0.465 e. The van der Waals surface area contributed by atoms with E-state index in [-0.39, 0.29) is 16.5 Å². The maximum absolute atomic E-state index is 13.0. The van der Waals surface area contributed by atoms with Crippen molar-refractivity contribution in [3.8, 4) is 0 Å². The van der Waals surface area contributed by atoms with E-state index in [1.807, 2.05) is 0 Å². The van der Waals surface area contributed by atoms with Crippen LogP contribution in [0.2, 0.25) is 0 Å². The number of aromatic nitrogens is 2. The van der Waals surface area contributed by atoms with Crippen molar-refractivity contribution in [3.63, 3.8) is 0 Å². The normalized spacial score (nSPS) is 10.6. The van der Waals surface area contributed by atoms with Crippen molar-refractivity contribution in [2.24, 2.45) is 0 Å². The first kappa shape index (κ1) is 23.2. The summed E-state index contributed by atoms with van der Waals surface area (Å²) < 4.78 is 6.17. The molecule has 0 fully saturated rings. The highest BCUT2D eigenvalue weighted by Crippen LogP contribution is 2.22. The summed E-state index contributed by atoms with van der Waals surface area (Å²) >= 11 is 2.19. The molecule has 2 amide bonds. The second-order valence-electron chi connectivity index (χ2n) is 6.85. The second kappa shape index (κ2) is 10.3. The number of hydrogen-bond donors (Lipinski definition) is 2. The molecular weight excluding hydrogens is 476 g/mol. The van der Waals surface area contributed by atoms with E-state index in [1.165, 1.54) is 24.5 Å². The number of anilines is 1. The number of nitrogens with zero attached hydrogens (tertiary/aromatic N) is 2. The van der Waals surface area contributed by atoms with Crippen molar-refractivity contribution < 1.29 is 19.1 Å². The van der Waals surface area contributed by atoms with Crippen molar-refractivity contribution in [1.29, 1.82) is 0 Å². The van der Waals surface area contributed by atoms with Gasteiger partial charge in [-0.2, -0.15) is 4.68 Å². The summed E-state index contributed by atoms with van der Waals surface area (Å²) in [6.07, 6.45) is 0. The van der Waals surface area contributed by atoms with Crippen LogP contribution in [0.3, 0.4) is 0 Å². The number of esters is 1. The maximum atomic E-state index is 13.0. The van der Waals surface area contributed by atoms with Gasteiger partial charge in [-0.05, 0) is 35.7 Å². The number of methoxy groups -OCH3 is 1. The monoisotopic (exact) mass is 494 g/mol. The second-order valence-corrected chi connectivity index (χ2v) is 8.71. The molecule has 0 atom stereocenters. The Labute approximate surface area is 201 Å². The van der Waals surface area contributed by atoms with Gasteiger partial charge in [0.25, 0.3) is 11.5 Å². The number of nitrogens with one attached hydrogen (secondary N) is 2. The van der Waals surface area contributed by atoms with Crippen LogP contribution < -0.4 is 16.3 Å². The molecule has 0 radical (unpaired) electrons. The van der Waals surface area contributed by atoms with Gasteiger partial charge in [0, 0.05) is 5.56 Å². The maximum Gasteiger partial charge on any atom is 0.339 e. The van der Waals surface area contributed by atoms with Crippen LogP contribution >= 0.6 is 23.1 Å². The number of thioether (sulfide) groups is 1. The van der Waals surface area contributed by atoms with E-state index in [4.69, 9.17) is 4.74 Å². The summed E-state index contributed by atoms with van der Waals surface area (Å²) in [6, 6.07) is 16.6. The number of ether oxygens (including phenoxy) is 1. The summed E-state index contributed by atoms with van der Waals surface area (Å²) in [6.45, 7) is 0. The van der Waals surface area contributed by atoms with E-state index >= 15 is 0 Å². The van der Waals surface area contributed by atoms with E-state index in [0.717, 1.165) is 16.4 Å². The quantitative estimate of drug-likeness (QED) is 0.230. The molecule has 0 aliphatic rings. The number of amides is 2. The Morgan fingerprint density at radius 2 is 1.79 bits per heavy atom. The van der Waals surface area contributed by atoms with Gasteiger partial charge in [0.05, 0.1) is 29.6 Å². The Morgan fingerprint density at radius 1 is 1.06 bits per heavy atom. The van der Waals surface area contributed by atoms with Crippen LogP contribution in [0.4, 0.5) is 5.69 Å². The van der Waals surface area contributed by atoms with Crippen LogP contribution in [0.25, 0.3) is 10.2 Å². The first-order chi connectivity index (χ1) is 16.5. The molecule has 34 heavy (non-hydrogen) atoms. The highest BCUT2D eigenvalue weighted by molar-refractivity contribution is 7.99. The molecule has 0 saturated carbocycles. The van der Waals surface area contributed by atoms with Crippen LogP contribution in [0.5, 0.6) is 0 Å². The van der Waals surface area contributed by atoms with Gasteiger partial charge in [0.2, 0.25) is 5.91 Å². The predicted molar refractivity (Wildman–Crippen MR) is 131 cm³/mol. The number of carbonyl (C=O) groups is 3. The molecule has 2 aromatic carbocycles. The molecule has 2 N–H and O–H groups in total. The van der Waals surface area contributed by atoms with Crippen LogP contribution in [-0.2, 0) is 9.53 Å². The van der Waals surface area contributed by atoms with Crippen molar-refractivity contribution in [2.45, 2.75) is 5.16 Å². The van der Waals surface area contributed by atoms with Crippen molar-refractivity contribution in [2.75, 3.05) is 23.6 Å². The molecule has 0 aliphatic heterocycles. The number of fused-ring (bicyclic) bond motifs is 1. The minimum atomic E-state index is -0.578. The highest BCUT2D eigenvalue weighted by Gasteiger charge is 2.18. The lowest BCUT2D eigenvalue weighted by molar-refractivity contribution is -0.113. The first-order valence-electron chi connectivity index (χ1n) is 9.94. The van der Waals surface area contributed by atoms with E-state index < -0.39 is 23.3 Å². The van der Waals surface area contributed by atoms with E-state index in [2.05, 4.69) is 15.7 Å². The van der Waals surface area contributed by atoms with Gasteiger partial charge in [0.1, 0.15) is 4.70 Å². The summed E-state index contributed by atoms with van der Waals surface area (Å²) in [5, 5.41) is 4.55. The molecular formula is C23H18N4O5S2. The van der Waals surface area contributed by atoms with E-state index in [1.54, 1.807) is 60.0 Å². The lowest BCUT2D eigenvalue weighted by Gasteiger charge is -2.13. The largest absolute Gasteiger partial charge is 0.465 e. The van der Waals surface area contributed by atoms with E-state index in [0.29, 0.717) is 21.5 Å². The molecule has 2 heterocycles. The SMILES string of the molecule is COC(=O)c1ccccc1NC(=O)CSc1nc2ccsc2c(=O)n1NC(=O)c1ccccc1. The number of carbonyl (C=O) groups excluding carboxylic acids is 3. The molecule has 0 spiro atoms. The highest BCUT2D eigenvalue weighted by atomic mass is 32.2. The number of para-hydroxylation sites is 1. The van der Waals surface area contributed by atoms with Crippen molar-refractivity contribution in [1.82, 2.24) is 9.66 Å². The summed E-state index contributed by atoms with van der Waals surface area (Å²) in [5.74, 6) is -1.62. The zero-order valence-electron chi connectivity index (χ0n) is 17.8. The minimum absolute atomic E-state index is 0.126. The molecule has 11 heteroatoms. The number of benzene rings is 2. The summed E-state index contributed by atoms with van der Waals surface area (Å²) in [4.78, 5) is 54.7. The van der Waals surface area contributed by atoms with Crippen LogP contribution in [0.15, 0.2) is 76.0 Å². The molecule has 4 aromatic rings. The predicted octanol–water partition coefficient (Wildman–Crippen LogP) is 3.36. The third-order valence-electron chi connectivity index (χ3n) is 4.64. The molecule has 2 aromatic heterocycles. The van der Waals surface area contributed by atoms with Crippen LogP contribution in [0.1, 0.15) is 20.7 Å². The van der Waals surface area contributed by atoms with Crippen molar-refractivity contribution >= 4 is 56.8 Å². The zero-order chi connectivity index (χ0) is 24.1. The zero-order valence-corrected chi connectivity index (χ0v) is 19.4. The third kappa shape index (κ3) is 5.00. The fourth-order valence-electron chi connectivity index (χ4n) is 3.04. The Kier molecular flexibility index (Phi) is 7.04. The Hall–Kier alpha value is -3.96. The van der Waals surface area contributed by atoms with Crippen LogP contribution in [-0.4, -0.2) is 40.3 Å². The lowest BCUT2D eigenvalue weighted by atomic mass is 10.2. The number of thiophene rings is 1. The topological polar surface area (TPSA) is 119 Å². The summed E-state index contributed by atoms with van der Waals surface area (Å²) in [5.41, 5.74) is 3.49. The van der Waals surface area contributed by atoms with Gasteiger partial charge < -0.3 is 10.1 Å². The van der Waals surface area contributed by atoms with Gasteiger partial charge >= 0.3 is 5.97 Å². The van der Waals surface area contributed by atoms with Gasteiger partial charge in [-0.3, -0.25) is 19.8 Å². The standard InChI is InChI=1S/C23H18N4O5S2/c1-32-22(31)15-9-5-6-10-16(15)24-18(28)13-34-23-25-17-11-12-33-19(17)21(30)27(23)26-20(29)14-7-3-2-4-8-14/h2-12H,13H2,1H3,(H,24,28)(H,26,29). The van der Waals surface area contributed by atoms with Gasteiger partial charge in [0.15, 0.2) is 5.16 Å². The van der Waals surface area contributed by atoms with Gasteiger partial charge in [-0.1, -0.05) is 42.1 Å². The average Bonchev–Trinajstić information content (AvgIpc) is 3.34. The fourth-order valence-corrected chi connectivity index (χ4v) is 4.55. The third-order valence-corrected chi connectivity index (χ3v) is 6.47. The van der Waals surface area contributed by atoms with Gasteiger partial charge in [-0.15, -0.1) is 11.3 Å². The fraction of sp³-hybridized carbons (Fsp3) is 0.0870. The Bertz CT molecular complexity index is 1430. The summed E-state index contributed by atoms with van der Waals surface area (Å²) in [7, 11) is 1.26. The molecule has 172 valence electrons. The van der Waals surface area contributed by atoms with Crippen molar-refractivity contribution in [3.05, 3.63) is 87.5 Å². The van der Waals surface area contributed by atoms with Crippen LogP contribution in [0, 0.1) is 0 Å². The molecule has 0 saturated heterocycles. The number of hydrogen-bond acceptors (Lipinski definition) is 8.